The van der Waals surface area contributed by atoms with Crippen LogP contribution in [0.3, 0.4) is 0 Å². The second kappa shape index (κ2) is 3.07. The molecular weight excluding hydrogens is 196 g/mol. The maximum atomic E-state index is 4.56. The molecule has 0 N–H and O–H groups in total. The summed E-state index contributed by atoms with van der Waals surface area (Å²) in [7, 11) is 0. The van der Waals surface area contributed by atoms with Crippen LogP contribution in [0.4, 0.5) is 0 Å². The molecule has 0 radical (unpaired) electrons. The molecule has 5 rings (SSSR count). The summed E-state index contributed by atoms with van der Waals surface area (Å²) in [5.41, 5.74) is 1.91. The van der Waals surface area contributed by atoms with E-state index in [0.29, 0.717) is 11.6 Å². The van der Waals surface area contributed by atoms with Gasteiger partial charge in [-0.25, -0.2) is 0 Å². The zero-order valence-corrected chi connectivity index (χ0v) is 9.60. The Morgan fingerprint density at radius 1 is 1.25 bits per heavy atom. The molecule has 0 aromatic carbocycles. The van der Waals surface area contributed by atoms with Gasteiger partial charge in [0.25, 0.3) is 0 Å². The van der Waals surface area contributed by atoms with Gasteiger partial charge in [0.05, 0.1) is 11.7 Å². The number of nitrogens with zero attached hydrogens (tertiary/aromatic N) is 2. The van der Waals surface area contributed by atoms with Gasteiger partial charge in [-0.3, -0.25) is 9.88 Å². The Morgan fingerprint density at radius 3 is 2.75 bits per heavy atom. The molecular formula is C14H18N2. The van der Waals surface area contributed by atoms with Gasteiger partial charge in [0, 0.05) is 11.7 Å². The highest BCUT2D eigenvalue weighted by molar-refractivity contribution is 5.20. The van der Waals surface area contributed by atoms with E-state index >= 15 is 0 Å². The number of aromatic nitrogens is 1. The summed E-state index contributed by atoms with van der Waals surface area (Å²) in [4.78, 5) is 7.33. The van der Waals surface area contributed by atoms with E-state index in [-0.39, 0.29) is 0 Å². The highest BCUT2D eigenvalue weighted by Gasteiger charge is 2.61. The van der Waals surface area contributed by atoms with Crippen molar-refractivity contribution in [2.24, 2.45) is 5.92 Å². The van der Waals surface area contributed by atoms with E-state index in [2.05, 4.69) is 22.0 Å². The highest BCUT2D eigenvalue weighted by atomic mass is 15.3. The van der Waals surface area contributed by atoms with Crippen LogP contribution >= 0.6 is 0 Å². The average molecular weight is 214 g/mol. The topological polar surface area (TPSA) is 16.1 Å². The third-order valence-electron chi connectivity index (χ3n) is 4.90. The van der Waals surface area contributed by atoms with Crippen LogP contribution in [0.15, 0.2) is 24.4 Å². The summed E-state index contributed by atoms with van der Waals surface area (Å²) in [6.07, 6.45) is 9.01. The Morgan fingerprint density at radius 2 is 2.12 bits per heavy atom. The zero-order valence-electron chi connectivity index (χ0n) is 9.60. The monoisotopic (exact) mass is 214 g/mol. The van der Waals surface area contributed by atoms with E-state index in [1.54, 1.807) is 0 Å². The molecule has 1 aromatic rings. The predicted molar refractivity (Wildman–Crippen MR) is 63.0 cm³/mol. The van der Waals surface area contributed by atoms with Crippen LogP contribution in [0.1, 0.15) is 43.8 Å². The van der Waals surface area contributed by atoms with Gasteiger partial charge in [-0.15, -0.1) is 0 Å². The third-order valence-corrected chi connectivity index (χ3v) is 4.90. The first-order valence-electron chi connectivity index (χ1n) is 6.55. The van der Waals surface area contributed by atoms with E-state index in [1.165, 1.54) is 44.3 Å². The van der Waals surface area contributed by atoms with E-state index in [4.69, 9.17) is 0 Å². The number of likely N-dealkylation sites (tertiary alicyclic amines) is 1. The lowest BCUT2D eigenvalue weighted by atomic mass is 9.49. The molecule has 1 aliphatic heterocycles. The quantitative estimate of drug-likeness (QED) is 0.752. The molecule has 3 aliphatic carbocycles. The summed E-state index contributed by atoms with van der Waals surface area (Å²) in [5.74, 6) is 1.07. The summed E-state index contributed by atoms with van der Waals surface area (Å²) < 4.78 is 0. The summed E-state index contributed by atoms with van der Waals surface area (Å²) in [5, 5.41) is 0. The summed E-state index contributed by atoms with van der Waals surface area (Å²) in [6, 6.07) is 6.96. The molecule has 4 fully saturated rings. The lowest BCUT2D eigenvalue weighted by Gasteiger charge is -2.67. The van der Waals surface area contributed by atoms with Gasteiger partial charge in [0.2, 0.25) is 0 Å². The molecule has 2 heteroatoms. The van der Waals surface area contributed by atoms with Gasteiger partial charge < -0.3 is 0 Å². The van der Waals surface area contributed by atoms with Crippen LogP contribution in [-0.2, 0) is 0 Å². The molecule has 2 nitrogen and oxygen atoms in total. The lowest BCUT2D eigenvalue weighted by molar-refractivity contribution is -0.150. The third kappa shape index (κ3) is 1.08. The predicted octanol–water partition coefficient (Wildman–Crippen LogP) is 2.77. The fraction of sp³-hybridized carbons (Fsp3) is 0.643. The molecule has 2 bridgehead atoms. The molecule has 1 aromatic heterocycles. The number of hydrogen-bond donors (Lipinski definition) is 0. The first kappa shape index (κ1) is 9.17. The first-order valence-corrected chi connectivity index (χ1v) is 6.55. The summed E-state index contributed by atoms with van der Waals surface area (Å²) >= 11 is 0. The molecule has 1 unspecified atom stereocenters. The zero-order chi connectivity index (χ0) is 10.6. The molecule has 3 saturated carbocycles. The van der Waals surface area contributed by atoms with E-state index in [9.17, 15) is 0 Å². The van der Waals surface area contributed by atoms with Gasteiger partial charge in [-0.05, 0) is 56.7 Å². The maximum absolute atomic E-state index is 4.56. The van der Waals surface area contributed by atoms with E-state index in [0.717, 1.165) is 5.92 Å². The number of rotatable bonds is 2. The number of pyridine rings is 1. The van der Waals surface area contributed by atoms with Crippen LogP contribution in [0.2, 0.25) is 0 Å². The average Bonchev–Trinajstić information content (AvgIpc) is 2.63. The van der Waals surface area contributed by atoms with Gasteiger partial charge in [-0.2, -0.15) is 0 Å². The van der Waals surface area contributed by atoms with Crippen molar-refractivity contribution < 1.29 is 0 Å². The largest absolute Gasteiger partial charge is 0.289 e. The fourth-order valence-electron chi connectivity index (χ4n) is 4.00. The maximum Gasteiger partial charge on any atom is 0.0575 e. The summed E-state index contributed by atoms with van der Waals surface area (Å²) in [6.45, 7) is 1.30. The van der Waals surface area contributed by atoms with Crippen LogP contribution in [0, 0.1) is 5.92 Å². The molecule has 2 heterocycles. The fourth-order valence-corrected chi connectivity index (χ4v) is 4.00. The van der Waals surface area contributed by atoms with E-state index < -0.39 is 0 Å². The van der Waals surface area contributed by atoms with Crippen LogP contribution < -0.4 is 0 Å². The second-order valence-corrected chi connectivity index (χ2v) is 5.81. The highest BCUT2D eigenvalue weighted by Crippen LogP contribution is 2.63. The van der Waals surface area contributed by atoms with Gasteiger partial charge in [0.1, 0.15) is 0 Å². The van der Waals surface area contributed by atoms with Crippen LogP contribution in [-0.4, -0.2) is 22.0 Å². The Kier molecular flexibility index (Phi) is 1.76. The number of hydrogen-bond acceptors (Lipinski definition) is 2. The minimum absolute atomic E-state index is 0.613. The second-order valence-electron chi connectivity index (χ2n) is 5.81. The smallest absolute Gasteiger partial charge is 0.0575 e. The molecule has 1 saturated heterocycles. The van der Waals surface area contributed by atoms with Gasteiger partial charge in [-0.1, -0.05) is 6.07 Å². The molecule has 84 valence electrons. The lowest BCUT2D eigenvalue weighted by Crippen LogP contribution is -2.67. The molecule has 4 aliphatic rings. The van der Waals surface area contributed by atoms with Crippen LogP contribution in [0.25, 0.3) is 0 Å². The molecule has 16 heavy (non-hydrogen) atoms. The first-order chi connectivity index (χ1) is 7.87. The molecule has 0 spiro atoms. The Labute approximate surface area is 96.7 Å². The van der Waals surface area contributed by atoms with Crippen molar-refractivity contribution in [3.05, 3.63) is 30.1 Å². The molecule has 0 amide bonds. The minimum atomic E-state index is 0.613. The Balaban J connectivity index is 1.63. The standard InChI is InChI=1S/C14H18N2/c1-2-6-15-12(4-1)13-5-3-7-16(13)14-8-11(9-14)10-14/h1-2,4,6,11,13H,3,5,7-10H2. The normalized spacial score (nSPS) is 41.5. The molecule has 1 atom stereocenters. The van der Waals surface area contributed by atoms with Crippen molar-refractivity contribution in [1.29, 1.82) is 0 Å². The van der Waals surface area contributed by atoms with Crippen molar-refractivity contribution in [2.45, 2.75) is 43.7 Å². The SMILES string of the molecule is c1ccc(C2CCCN2C23CC(C2)C3)nc1. The van der Waals surface area contributed by atoms with Crippen molar-refractivity contribution in [1.82, 2.24) is 9.88 Å². The van der Waals surface area contributed by atoms with Crippen molar-refractivity contribution in [3.8, 4) is 0 Å². The Bertz CT molecular complexity index is 383. The van der Waals surface area contributed by atoms with Gasteiger partial charge in [0.15, 0.2) is 0 Å². The van der Waals surface area contributed by atoms with Gasteiger partial charge >= 0.3 is 0 Å². The van der Waals surface area contributed by atoms with Crippen molar-refractivity contribution >= 4 is 0 Å². The van der Waals surface area contributed by atoms with Crippen molar-refractivity contribution in [3.63, 3.8) is 0 Å². The minimum Gasteiger partial charge on any atom is -0.289 e. The van der Waals surface area contributed by atoms with Crippen LogP contribution in [0.5, 0.6) is 0 Å². The van der Waals surface area contributed by atoms with Crippen molar-refractivity contribution in [2.75, 3.05) is 6.54 Å². The Hall–Kier alpha value is -0.890. The van der Waals surface area contributed by atoms with E-state index in [1.807, 2.05) is 12.3 Å².